The number of esters is 2. The third kappa shape index (κ3) is 5.53. The second-order valence-electron chi connectivity index (χ2n) is 9.90. The van der Waals surface area contributed by atoms with Crippen LogP contribution in [0.4, 0.5) is 11.4 Å². The number of allylic oxidation sites excluding steroid dienone is 2. The number of non-ortho nitro benzene ring substituents is 1. The molecule has 0 amide bonds. The Hall–Kier alpha value is -4.48. The third-order valence-electron chi connectivity index (χ3n) is 7.48. The molecule has 1 aliphatic heterocycles. The number of nitrogens with two attached hydrogens (primary N) is 1. The van der Waals surface area contributed by atoms with Crippen molar-refractivity contribution in [3.05, 3.63) is 114 Å². The van der Waals surface area contributed by atoms with E-state index in [2.05, 4.69) is 0 Å². The average molecular weight is 622 g/mol. The van der Waals surface area contributed by atoms with Crippen molar-refractivity contribution in [3.63, 3.8) is 0 Å². The lowest BCUT2D eigenvalue weighted by atomic mass is 9.68. The van der Waals surface area contributed by atoms with Crippen LogP contribution in [0.3, 0.4) is 0 Å². The molecule has 12 heteroatoms. The number of hydrogen-bond acceptors (Lipinski definition) is 10. The molecule has 2 aliphatic rings. The van der Waals surface area contributed by atoms with Crippen molar-refractivity contribution in [3.8, 4) is 0 Å². The Morgan fingerprint density at radius 2 is 1.81 bits per heavy atom. The van der Waals surface area contributed by atoms with Gasteiger partial charge in [-0.3, -0.25) is 24.6 Å². The van der Waals surface area contributed by atoms with Crippen LogP contribution in [0.25, 0.3) is 0 Å². The van der Waals surface area contributed by atoms with E-state index in [1.165, 1.54) is 35.6 Å². The number of Topliss-reactive ketones (excluding diaryl/α,β-unsaturated/α-hetero) is 1. The van der Waals surface area contributed by atoms with Gasteiger partial charge in [0.1, 0.15) is 11.7 Å². The molecule has 0 saturated carbocycles. The zero-order chi connectivity index (χ0) is 30.8. The molecule has 0 bridgehead atoms. The Morgan fingerprint density at radius 3 is 2.42 bits per heavy atom. The summed E-state index contributed by atoms with van der Waals surface area (Å²) in [6, 6.07) is 16.1. The molecule has 2 aromatic carbocycles. The maximum Gasteiger partial charge on any atom is 0.338 e. The average Bonchev–Trinajstić information content (AvgIpc) is 3.52. The van der Waals surface area contributed by atoms with Crippen LogP contribution >= 0.6 is 22.9 Å². The minimum absolute atomic E-state index is 0.00310. The fraction of sp³-hybridized carbons (Fsp3) is 0.258. The van der Waals surface area contributed by atoms with Gasteiger partial charge in [0.05, 0.1) is 29.6 Å². The second kappa shape index (κ2) is 12.4. The first kappa shape index (κ1) is 30.0. The van der Waals surface area contributed by atoms with Gasteiger partial charge in [0.25, 0.3) is 5.69 Å². The van der Waals surface area contributed by atoms with Crippen molar-refractivity contribution in [1.82, 2.24) is 0 Å². The Bertz CT molecular complexity index is 1650. The van der Waals surface area contributed by atoms with Gasteiger partial charge in [0, 0.05) is 44.9 Å². The quantitative estimate of drug-likeness (QED) is 0.142. The molecule has 0 saturated heterocycles. The summed E-state index contributed by atoms with van der Waals surface area (Å²) >= 11 is 7.79. The summed E-state index contributed by atoms with van der Waals surface area (Å²) in [5.41, 5.74) is 8.23. The summed E-state index contributed by atoms with van der Waals surface area (Å²) in [6.45, 7) is 3.45. The monoisotopic (exact) mass is 621 g/mol. The predicted octanol–water partition coefficient (Wildman–Crippen LogP) is 5.84. The fourth-order valence-electron chi connectivity index (χ4n) is 5.75. The van der Waals surface area contributed by atoms with E-state index >= 15 is 0 Å². The zero-order valence-corrected chi connectivity index (χ0v) is 24.9. The molecule has 222 valence electrons. The van der Waals surface area contributed by atoms with Crippen LogP contribution in [-0.4, -0.2) is 35.9 Å². The van der Waals surface area contributed by atoms with Crippen LogP contribution in [0, 0.1) is 16.0 Å². The number of anilines is 1. The van der Waals surface area contributed by atoms with E-state index < -0.39 is 40.4 Å². The second-order valence-corrected chi connectivity index (χ2v) is 11.3. The largest absolute Gasteiger partial charge is 0.465 e. The first-order chi connectivity index (χ1) is 20.7. The van der Waals surface area contributed by atoms with Crippen molar-refractivity contribution < 1.29 is 28.8 Å². The number of nitro benzene ring substituents is 1. The molecule has 0 spiro atoms. The third-order valence-corrected chi connectivity index (χ3v) is 8.72. The number of ether oxygens (including phenoxy) is 2. The minimum atomic E-state index is -1.18. The van der Waals surface area contributed by atoms with Gasteiger partial charge in [0.2, 0.25) is 0 Å². The molecule has 1 aliphatic carbocycles. The van der Waals surface area contributed by atoms with E-state index in [0.29, 0.717) is 22.0 Å². The number of nitrogens with zero attached hydrogens (tertiary/aromatic N) is 2. The molecule has 2 N–H and O–H groups in total. The van der Waals surface area contributed by atoms with E-state index in [4.69, 9.17) is 26.8 Å². The lowest BCUT2D eigenvalue weighted by Gasteiger charge is -2.43. The summed E-state index contributed by atoms with van der Waals surface area (Å²) in [6.07, 6.45) is 0.190. The van der Waals surface area contributed by atoms with Crippen LogP contribution in [0.5, 0.6) is 0 Å². The molecular formula is C31H28ClN3O7S. The van der Waals surface area contributed by atoms with Crippen LogP contribution in [0.2, 0.25) is 5.02 Å². The number of ketones is 1. The van der Waals surface area contributed by atoms with Crippen LogP contribution in [0.15, 0.2) is 88.7 Å². The number of carbonyl (C=O) groups excluding carboxylic acids is 3. The number of thiophene rings is 1. The lowest BCUT2D eigenvalue weighted by Crippen LogP contribution is -2.46. The van der Waals surface area contributed by atoms with Crippen molar-refractivity contribution in [1.29, 1.82) is 0 Å². The van der Waals surface area contributed by atoms with Crippen molar-refractivity contribution in [2.45, 2.75) is 32.1 Å². The molecule has 10 nitrogen and oxygen atoms in total. The van der Waals surface area contributed by atoms with Gasteiger partial charge in [-0.2, -0.15) is 0 Å². The number of rotatable bonds is 8. The highest BCUT2D eigenvalue weighted by Crippen LogP contribution is 2.52. The minimum Gasteiger partial charge on any atom is -0.465 e. The summed E-state index contributed by atoms with van der Waals surface area (Å²) in [7, 11) is 0. The van der Waals surface area contributed by atoms with Gasteiger partial charge in [-0.25, -0.2) is 4.79 Å². The molecule has 0 fully saturated rings. The molecule has 5 rings (SSSR count). The number of hydrogen-bond donors (Lipinski definition) is 1. The molecule has 1 aromatic heterocycles. The smallest absolute Gasteiger partial charge is 0.338 e. The van der Waals surface area contributed by atoms with Crippen molar-refractivity contribution in [2.75, 3.05) is 18.1 Å². The first-order valence-corrected chi connectivity index (χ1v) is 14.9. The summed E-state index contributed by atoms with van der Waals surface area (Å²) in [4.78, 5) is 55.0. The Kier molecular flexibility index (Phi) is 8.65. The maximum absolute atomic E-state index is 14.7. The van der Waals surface area contributed by atoms with Crippen molar-refractivity contribution in [2.24, 2.45) is 11.7 Å². The Balaban J connectivity index is 1.81. The number of carbonyl (C=O) groups is 3. The van der Waals surface area contributed by atoms with E-state index in [1.807, 2.05) is 17.5 Å². The molecule has 43 heavy (non-hydrogen) atoms. The lowest BCUT2D eigenvalue weighted by molar-refractivity contribution is -0.384. The summed E-state index contributed by atoms with van der Waals surface area (Å²) < 4.78 is 10.8. The van der Waals surface area contributed by atoms with Crippen LogP contribution < -0.4 is 10.6 Å². The predicted molar refractivity (Wildman–Crippen MR) is 161 cm³/mol. The molecular weight excluding hydrogens is 594 g/mol. The molecule has 0 radical (unpaired) electrons. The number of halogens is 1. The molecule has 3 atom stereocenters. The van der Waals surface area contributed by atoms with Gasteiger partial charge in [0.15, 0.2) is 5.78 Å². The highest BCUT2D eigenvalue weighted by Gasteiger charge is 2.51. The van der Waals surface area contributed by atoms with E-state index in [1.54, 1.807) is 43.0 Å². The summed E-state index contributed by atoms with van der Waals surface area (Å²) in [5, 5.41) is 13.6. The van der Waals surface area contributed by atoms with Gasteiger partial charge in [-0.05, 0) is 61.5 Å². The molecule has 3 aromatic rings. The SMILES string of the molecule is CCOC(=O)C1=C(N)N(c2ccc([N+](=O)[O-])cc2)C2=C(C(=O)[C@H](C(=O)OCC)[C@@H](c3cccs3)C2)[C@@H]1c1cccc(Cl)c1. The van der Waals surface area contributed by atoms with Gasteiger partial charge >= 0.3 is 11.9 Å². The maximum atomic E-state index is 14.7. The van der Waals surface area contributed by atoms with E-state index in [0.717, 1.165) is 4.88 Å². The highest BCUT2D eigenvalue weighted by molar-refractivity contribution is 7.10. The zero-order valence-electron chi connectivity index (χ0n) is 23.3. The van der Waals surface area contributed by atoms with Gasteiger partial charge in [-0.1, -0.05) is 29.8 Å². The fourth-order valence-corrected chi connectivity index (χ4v) is 6.81. The number of nitro groups is 1. The van der Waals surface area contributed by atoms with Crippen LogP contribution in [-0.2, 0) is 23.9 Å². The molecule has 2 heterocycles. The van der Waals surface area contributed by atoms with Gasteiger partial charge in [-0.15, -0.1) is 11.3 Å². The first-order valence-electron chi connectivity index (χ1n) is 13.6. The standard InChI is InChI=1S/C31H28ClN3O7S/c1-3-41-30(37)25-21(23-9-6-14-43-23)16-22-26(28(25)36)24(17-7-5-8-18(32)15-17)27(31(38)42-4-2)29(33)34(22)19-10-12-20(13-11-19)35(39)40/h5-15,21,24-25H,3-4,16,33H2,1-2H3/t21-,24+,25-/m1/s1. The molecule has 0 unspecified atom stereocenters. The topological polar surface area (TPSA) is 142 Å². The Morgan fingerprint density at radius 1 is 1.09 bits per heavy atom. The number of benzene rings is 2. The van der Waals surface area contributed by atoms with E-state index in [9.17, 15) is 24.5 Å². The van der Waals surface area contributed by atoms with Gasteiger partial charge < -0.3 is 15.2 Å². The Labute approximate surface area is 256 Å². The normalized spacial score (nSPS) is 20.1. The van der Waals surface area contributed by atoms with Crippen molar-refractivity contribution >= 4 is 52.0 Å². The van der Waals surface area contributed by atoms with Crippen LogP contribution in [0.1, 0.15) is 42.5 Å². The summed E-state index contributed by atoms with van der Waals surface area (Å²) in [5.74, 6) is -4.68. The highest BCUT2D eigenvalue weighted by atomic mass is 35.5. The van der Waals surface area contributed by atoms with E-state index in [-0.39, 0.29) is 42.3 Å².